The molecule has 0 saturated heterocycles. The molecule has 0 aromatic heterocycles. The van der Waals surface area contributed by atoms with Crippen LogP contribution in [0.3, 0.4) is 0 Å². The topological polar surface area (TPSA) is 35.5 Å². The molecule has 20 heavy (non-hydrogen) atoms. The van der Waals surface area contributed by atoms with E-state index >= 15 is 0 Å². The fourth-order valence-electron chi connectivity index (χ4n) is 1.69. The third-order valence-corrected chi connectivity index (χ3v) is 3.06. The summed E-state index contributed by atoms with van der Waals surface area (Å²) in [7, 11) is 0. The second kappa shape index (κ2) is 7.68. The van der Waals surface area contributed by atoms with E-state index in [2.05, 4.69) is 0 Å². The average molecular weight is 280 g/mol. The molecule has 1 aromatic carbocycles. The molecule has 1 aromatic rings. The van der Waals surface area contributed by atoms with E-state index in [0.29, 0.717) is 17.9 Å². The molecule has 0 spiro atoms. The minimum absolute atomic E-state index is 0.00252. The van der Waals surface area contributed by atoms with Gasteiger partial charge in [-0.15, -0.1) is 0 Å². The number of esters is 1. The standard InChI is InChI=1S/C16H21FO3/c1-5-11(3)12(4)20-15-8-7-14(17)9-13(15)10-16(18)19-6-2/h5,7-9,12H,6,10H2,1-4H3/b11-5+/t12-/m1/s1. The maximum absolute atomic E-state index is 13.3. The highest BCUT2D eigenvalue weighted by atomic mass is 19.1. The minimum atomic E-state index is -0.396. The first kappa shape index (κ1) is 16.2. The Balaban J connectivity index is 2.92. The molecule has 0 radical (unpaired) electrons. The normalized spacial score (nSPS) is 12.9. The summed E-state index contributed by atoms with van der Waals surface area (Å²) in [5, 5.41) is 0. The van der Waals surface area contributed by atoms with E-state index in [1.807, 2.05) is 26.8 Å². The Labute approximate surface area is 119 Å². The van der Waals surface area contributed by atoms with Gasteiger partial charge in [-0.25, -0.2) is 4.39 Å². The number of carbonyl (C=O) groups excluding carboxylic acids is 1. The van der Waals surface area contributed by atoms with Crippen LogP contribution in [0.2, 0.25) is 0 Å². The molecule has 0 aliphatic rings. The summed E-state index contributed by atoms with van der Waals surface area (Å²) < 4.78 is 24.0. The second-order valence-electron chi connectivity index (χ2n) is 4.53. The quantitative estimate of drug-likeness (QED) is 0.589. The van der Waals surface area contributed by atoms with Gasteiger partial charge in [0.2, 0.25) is 0 Å². The third-order valence-electron chi connectivity index (χ3n) is 3.06. The fraction of sp³-hybridized carbons (Fsp3) is 0.438. The molecule has 4 heteroatoms. The molecular formula is C16H21FO3. The molecule has 0 aliphatic heterocycles. The van der Waals surface area contributed by atoms with E-state index in [4.69, 9.17) is 9.47 Å². The van der Waals surface area contributed by atoms with Gasteiger partial charge in [0.25, 0.3) is 0 Å². The van der Waals surface area contributed by atoms with Gasteiger partial charge in [0.05, 0.1) is 13.0 Å². The number of hydrogen-bond donors (Lipinski definition) is 0. The van der Waals surface area contributed by atoms with Crippen LogP contribution in [-0.2, 0) is 16.0 Å². The molecule has 1 atom stereocenters. The number of rotatable bonds is 6. The van der Waals surface area contributed by atoms with E-state index < -0.39 is 11.8 Å². The lowest BCUT2D eigenvalue weighted by Gasteiger charge is -2.18. The summed E-state index contributed by atoms with van der Waals surface area (Å²) >= 11 is 0. The second-order valence-corrected chi connectivity index (χ2v) is 4.53. The summed E-state index contributed by atoms with van der Waals surface area (Å²) in [5.41, 5.74) is 1.57. The molecule has 0 aliphatic carbocycles. The molecule has 0 saturated carbocycles. The van der Waals surface area contributed by atoms with E-state index in [1.165, 1.54) is 12.1 Å². The number of benzene rings is 1. The van der Waals surface area contributed by atoms with E-state index in [-0.39, 0.29) is 12.5 Å². The van der Waals surface area contributed by atoms with Gasteiger partial charge < -0.3 is 9.47 Å². The Bertz CT molecular complexity index is 494. The van der Waals surface area contributed by atoms with Crippen molar-refractivity contribution in [3.05, 3.63) is 41.2 Å². The molecule has 1 rings (SSSR count). The zero-order valence-electron chi connectivity index (χ0n) is 12.4. The summed E-state index contributed by atoms with van der Waals surface area (Å²) in [4.78, 5) is 11.5. The van der Waals surface area contributed by atoms with Gasteiger partial charge in [-0.3, -0.25) is 4.79 Å². The molecule has 0 bridgehead atoms. The van der Waals surface area contributed by atoms with Crippen LogP contribution in [0.4, 0.5) is 4.39 Å². The number of halogens is 1. The van der Waals surface area contributed by atoms with Crippen molar-refractivity contribution in [2.45, 2.75) is 40.2 Å². The highest BCUT2D eigenvalue weighted by Crippen LogP contribution is 2.23. The predicted molar refractivity (Wildman–Crippen MR) is 76.3 cm³/mol. The number of allylic oxidation sites excluding steroid dienone is 1. The minimum Gasteiger partial charge on any atom is -0.486 e. The van der Waals surface area contributed by atoms with Crippen molar-refractivity contribution in [2.75, 3.05) is 6.61 Å². The summed E-state index contributed by atoms with van der Waals surface area (Å²) in [6.07, 6.45) is 1.83. The van der Waals surface area contributed by atoms with Crippen LogP contribution < -0.4 is 4.74 Å². The van der Waals surface area contributed by atoms with Crippen molar-refractivity contribution in [3.8, 4) is 5.75 Å². The molecule has 110 valence electrons. The van der Waals surface area contributed by atoms with Gasteiger partial charge in [-0.1, -0.05) is 6.08 Å². The zero-order chi connectivity index (χ0) is 15.1. The smallest absolute Gasteiger partial charge is 0.310 e. The lowest BCUT2D eigenvalue weighted by Crippen LogP contribution is -2.16. The first-order valence-electron chi connectivity index (χ1n) is 6.71. The lowest BCUT2D eigenvalue weighted by atomic mass is 10.1. The number of hydrogen-bond acceptors (Lipinski definition) is 3. The monoisotopic (exact) mass is 280 g/mol. The molecule has 0 amide bonds. The van der Waals surface area contributed by atoms with Gasteiger partial charge in [-0.2, -0.15) is 0 Å². The first-order chi connectivity index (χ1) is 9.47. The van der Waals surface area contributed by atoms with E-state index in [9.17, 15) is 9.18 Å². The fourth-order valence-corrected chi connectivity index (χ4v) is 1.69. The number of ether oxygens (including phenoxy) is 2. The van der Waals surface area contributed by atoms with Gasteiger partial charge in [0.15, 0.2) is 0 Å². The summed E-state index contributed by atoms with van der Waals surface area (Å²) in [6, 6.07) is 4.18. The van der Waals surface area contributed by atoms with Gasteiger partial charge >= 0.3 is 5.97 Å². The van der Waals surface area contributed by atoms with Crippen molar-refractivity contribution in [1.29, 1.82) is 0 Å². The van der Waals surface area contributed by atoms with Crippen LogP contribution in [0.1, 0.15) is 33.3 Å². The Morgan fingerprint density at radius 2 is 2.15 bits per heavy atom. The van der Waals surface area contributed by atoms with E-state index in [0.717, 1.165) is 5.57 Å². The summed E-state index contributed by atoms with van der Waals surface area (Å²) in [5.74, 6) is -0.279. The van der Waals surface area contributed by atoms with Crippen LogP contribution in [0.15, 0.2) is 29.8 Å². The highest BCUT2D eigenvalue weighted by molar-refractivity contribution is 5.73. The van der Waals surface area contributed by atoms with Crippen molar-refractivity contribution >= 4 is 5.97 Å². The molecule has 0 heterocycles. The Kier molecular flexibility index (Phi) is 6.22. The van der Waals surface area contributed by atoms with Gasteiger partial charge in [0.1, 0.15) is 17.7 Å². The van der Waals surface area contributed by atoms with Crippen molar-refractivity contribution in [1.82, 2.24) is 0 Å². The Morgan fingerprint density at radius 1 is 1.45 bits per heavy atom. The largest absolute Gasteiger partial charge is 0.486 e. The Hall–Kier alpha value is -1.84. The highest BCUT2D eigenvalue weighted by Gasteiger charge is 2.14. The first-order valence-corrected chi connectivity index (χ1v) is 6.71. The van der Waals surface area contributed by atoms with Crippen LogP contribution >= 0.6 is 0 Å². The summed E-state index contributed by atoms with van der Waals surface area (Å²) in [6.45, 7) is 7.84. The maximum Gasteiger partial charge on any atom is 0.310 e. The zero-order valence-corrected chi connectivity index (χ0v) is 12.4. The predicted octanol–water partition coefficient (Wildman–Crippen LogP) is 3.66. The van der Waals surface area contributed by atoms with Crippen LogP contribution in [-0.4, -0.2) is 18.7 Å². The molecule has 0 fully saturated rings. The van der Waals surface area contributed by atoms with Gasteiger partial charge in [0, 0.05) is 5.56 Å². The van der Waals surface area contributed by atoms with Crippen molar-refractivity contribution in [3.63, 3.8) is 0 Å². The molecule has 3 nitrogen and oxygen atoms in total. The average Bonchev–Trinajstić information content (AvgIpc) is 2.41. The van der Waals surface area contributed by atoms with Crippen LogP contribution in [0.5, 0.6) is 5.75 Å². The Morgan fingerprint density at radius 3 is 2.75 bits per heavy atom. The van der Waals surface area contributed by atoms with Crippen molar-refractivity contribution < 1.29 is 18.7 Å². The van der Waals surface area contributed by atoms with Crippen LogP contribution in [0, 0.1) is 5.82 Å². The molecule has 0 N–H and O–H groups in total. The van der Waals surface area contributed by atoms with Crippen LogP contribution in [0.25, 0.3) is 0 Å². The van der Waals surface area contributed by atoms with E-state index in [1.54, 1.807) is 13.0 Å². The number of carbonyl (C=O) groups is 1. The molecule has 0 unspecified atom stereocenters. The lowest BCUT2D eigenvalue weighted by molar-refractivity contribution is -0.142. The van der Waals surface area contributed by atoms with Crippen molar-refractivity contribution in [2.24, 2.45) is 0 Å². The molecular weight excluding hydrogens is 259 g/mol. The third kappa shape index (κ3) is 4.68. The maximum atomic E-state index is 13.3. The SMILES string of the molecule is C/C=C(\C)[C@@H](C)Oc1ccc(F)cc1CC(=O)OCC. The van der Waals surface area contributed by atoms with Gasteiger partial charge in [-0.05, 0) is 51.5 Å².